The molecule has 2 aromatic rings. The van der Waals surface area contributed by atoms with E-state index in [4.69, 9.17) is 0 Å². The number of halogens is 1. The molecule has 5 nitrogen and oxygen atoms in total. The van der Waals surface area contributed by atoms with Crippen molar-refractivity contribution in [1.29, 1.82) is 0 Å². The van der Waals surface area contributed by atoms with Crippen LogP contribution in [0.25, 0.3) is 0 Å². The largest absolute Gasteiger partial charge is 0.356 e. The highest BCUT2D eigenvalue weighted by molar-refractivity contribution is 14.0. The third-order valence-electron chi connectivity index (χ3n) is 5.29. The SMILES string of the molecule is CN=C(NCCc1ccc(S(C)(=O)=O)cc1)NCC1CCCc2ccccc21.I. The van der Waals surface area contributed by atoms with Crippen molar-refractivity contribution < 1.29 is 8.42 Å². The fourth-order valence-corrected chi connectivity index (χ4v) is 4.37. The lowest BCUT2D eigenvalue weighted by molar-refractivity contribution is 0.540. The molecule has 0 fully saturated rings. The Hall–Kier alpha value is -1.61. The number of guanidine groups is 1. The number of nitrogens with zero attached hydrogens (tertiary/aromatic N) is 1. The zero-order valence-electron chi connectivity index (χ0n) is 17.0. The molecule has 2 aromatic carbocycles. The van der Waals surface area contributed by atoms with E-state index >= 15 is 0 Å². The number of hydrogen-bond donors (Lipinski definition) is 2. The van der Waals surface area contributed by atoms with E-state index in [9.17, 15) is 8.42 Å². The molecular weight excluding hydrogens is 497 g/mol. The van der Waals surface area contributed by atoms with Crippen LogP contribution in [0.1, 0.15) is 35.4 Å². The van der Waals surface area contributed by atoms with Crippen LogP contribution in [-0.2, 0) is 22.7 Å². The standard InChI is InChI=1S/C22H29N3O2S.HI/c1-23-22(24-15-14-17-10-12-20(13-11-17)28(2,26)27)25-16-19-8-5-7-18-6-3-4-9-21(18)19;/h3-4,6,9-13,19H,5,7-8,14-16H2,1-2H3,(H2,23,24,25);1H. The van der Waals surface area contributed by atoms with Gasteiger partial charge in [0.05, 0.1) is 4.90 Å². The van der Waals surface area contributed by atoms with Crippen LogP contribution in [0.2, 0.25) is 0 Å². The van der Waals surface area contributed by atoms with E-state index in [1.807, 2.05) is 12.1 Å². The minimum atomic E-state index is -3.14. The van der Waals surface area contributed by atoms with Crippen LogP contribution in [0.15, 0.2) is 58.4 Å². The first-order valence-electron chi connectivity index (χ1n) is 9.78. The second kappa shape index (κ2) is 11.0. The molecule has 0 aliphatic heterocycles. The van der Waals surface area contributed by atoms with Gasteiger partial charge in [0.2, 0.25) is 0 Å². The van der Waals surface area contributed by atoms with Gasteiger partial charge in [-0.05, 0) is 54.5 Å². The number of aryl methyl sites for hydroxylation is 1. The maximum Gasteiger partial charge on any atom is 0.191 e. The highest BCUT2D eigenvalue weighted by atomic mass is 127. The Morgan fingerprint density at radius 2 is 1.83 bits per heavy atom. The molecule has 1 aliphatic rings. The van der Waals surface area contributed by atoms with Gasteiger partial charge in [0.25, 0.3) is 0 Å². The number of sulfone groups is 1. The first kappa shape index (κ1) is 23.7. The summed E-state index contributed by atoms with van der Waals surface area (Å²) in [7, 11) is -1.36. The van der Waals surface area contributed by atoms with Crippen LogP contribution in [0.3, 0.4) is 0 Å². The lowest BCUT2D eigenvalue weighted by atomic mass is 9.83. The number of fused-ring (bicyclic) bond motifs is 1. The second-order valence-electron chi connectivity index (χ2n) is 7.33. The van der Waals surface area contributed by atoms with Crippen LogP contribution in [0.5, 0.6) is 0 Å². The molecule has 3 rings (SSSR count). The molecule has 0 radical (unpaired) electrons. The number of benzene rings is 2. The van der Waals surface area contributed by atoms with Gasteiger partial charge in [-0.2, -0.15) is 0 Å². The molecule has 7 heteroatoms. The Kier molecular flexibility index (Phi) is 8.95. The zero-order valence-corrected chi connectivity index (χ0v) is 20.2. The van der Waals surface area contributed by atoms with Crippen molar-refractivity contribution in [2.75, 3.05) is 26.4 Å². The predicted octanol–water partition coefficient (Wildman–Crippen LogP) is 3.54. The van der Waals surface area contributed by atoms with Gasteiger partial charge in [-0.1, -0.05) is 36.4 Å². The van der Waals surface area contributed by atoms with Crippen LogP contribution in [0.4, 0.5) is 0 Å². The highest BCUT2D eigenvalue weighted by Crippen LogP contribution is 2.30. The lowest BCUT2D eigenvalue weighted by Crippen LogP contribution is -2.40. The van der Waals surface area contributed by atoms with Gasteiger partial charge in [-0.15, -0.1) is 24.0 Å². The summed E-state index contributed by atoms with van der Waals surface area (Å²) in [6.07, 6.45) is 5.64. The van der Waals surface area contributed by atoms with Gasteiger partial charge in [-0.3, -0.25) is 4.99 Å². The molecule has 1 unspecified atom stereocenters. The monoisotopic (exact) mass is 527 g/mol. The maximum absolute atomic E-state index is 11.5. The molecule has 1 aliphatic carbocycles. The molecule has 0 aromatic heterocycles. The number of aliphatic imine (C=N–C) groups is 1. The maximum atomic E-state index is 11.5. The molecule has 0 heterocycles. The zero-order chi connectivity index (χ0) is 20.0. The van der Waals surface area contributed by atoms with Crippen LogP contribution < -0.4 is 10.6 Å². The molecule has 29 heavy (non-hydrogen) atoms. The molecule has 158 valence electrons. The average Bonchev–Trinajstić information content (AvgIpc) is 2.70. The lowest BCUT2D eigenvalue weighted by Gasteiger charge is -2.26. The molecular formula is C22H30IN3O2S. The van der Waals surface area contributed by atoms with Crippen molar-refractivity contribution >= 4 is 39.8 Å². The third-order valence-corrected chi connectivity index (χ3v) is 6.42. The van der Waals surface area contributed by atoms with Gasteiger partial charge >= 0.3 is 0 Å². The van der Waals surface area contributed by atoms with Gasteiger partial charge in [0.15, 0.2) is 15.8 Å². The Labute approximate surface area is 191 Å². The molecule has 1 atom stereocenters. The van der Waals surface area contributed by atoms with E-state index in [1.165, 1.54) is 36.6 Å². The van der Waals surface area contributed by atoms with Gasteiger partial charge in [0, 0.05) is 32.3 Å². The average molecular weight is 527 g/mol. The van der Waals surface area contributed by atoms with E-state index in [2.05, 4.69) is 39.9 Å². The molecule has 0 saturated heterocycles. The first-order chi connectivity index (χ1) is 13.5. The second-order valence-corrected chi connectivity index (χ2v) is 9.35. The molecule has 0 amide bonds. The van der Waals surface area contributed by atoms with Gasteiger partial charge in [0.1, 0.15) is 0 Å². The summed E-state index contributed by atoms with van der Waals surface area (Å²) in [6, 6.07) is 15.8. The molecule has 0 saturated carbocycles. The Morgan fingerprint density at radius 1 is 1.10 bits per heavy atom. The summed E-state index contributed by atoms with van der Waals surface area (Å²) >= 11 is 0. The van der Waals surface area contributed by atoms with E-state index in [1.54, 1.807) is 19.2 Å². The summed E-state index contributed by atoms with van der Waals surface area (Å²) in [5.74, 6) is 1.32. The van der Waals surface area contributed by atoms with E-state index in [0.29, 0.717) is 10.8 Å². The van der Waals surface area contributed by atoms with Crippen molar-refractivity contribution in [3.63, 3.8) is 0 Å². The third kappa shape index (κ3) is 6.70. The summed E-state index contributed by atoms with van der Waals surface area (Å²) in [4.78, 5) is 4.68. The Balaban J connectivity index is 0.00000300. The summed E-state index contributed by atoms with van der Waals surface area (Å²) in [6.45, 7) is 1.61. The number of nitrogens with one attached hydrogen (secondary N) is 2. The van der Waals surface area contributed by atoms with Crippen LogP contribution >= 0.6 is 24.0 Å². The minimum Gasteiger partial charge on any atom is -0.356 e. The molecule has 0 bridgehead atoms. The topological polar surface area (TPSA) is 70.6 Å². The molecule has 0 spiro atoms. The van der Waals surface area contributed by atoms with Crippen molar-refractivity contribution in [2.24, 2.45) is 4.99 Å². The molecule has 2 N–H and O–H groups in total. The van der Waals surface area contributed by atoms with Crippen molar-refractivity contribution in [2.45, 2.75) is 36.5 Å². The number of hydrogen-bond acceptors (Lipinski definition) is 3. The van der Waals surface area contributed by atoms with Crippen molar-refractivity contribution in [1.82, 2.24) is 10.6 Å². The highest BCUT2D eigenvalue weighted by Gasteiger charge is 2.19. The number of rotatable bonds is 6. The fraction of sp³-hybridized carbons (Fsp3) is 0.409. The van der Waals surface area contributed by atoms with Crippen LogP contribution in [-0.4, -0.2) is 40.8 Å². The fourth-order valence-electron chi connectivity index (χ4n) is 3.74. The Morgan fingerprint density at radius 3 is 2.52 bits per heavy atom. The van der Waals surface area contributed by atoms with E-state index < -0.39 is 9.84 Å². The minimum absolute atomic E-state index is 0. The van der Waals surface area contributed by atoms with E-state index in [-0.39, 0.29) is 24.0 Å². The first-order valence-corrected chi connectivity index (χ1v) is 11.7. The van der Waals surface area contributed by atoms with Gasteiger partial charge in [-0.25, -0.2) is 8.42 Å². The Bertz CT molecular complexity index is 927. The smallest absolute Gasteiger partial charge is 0.191 e. The normalized spacial score (nSPS) is 16.5. The predicted molar refractivity (Wildman–Crippen MR) is 130 cm³/mol. The van der Waals surface area contributed by atoms with Gasteiger partial charge < -0.3 is 10.6 Å². The van der Waals surface area contributed by atoms with Crippen molar-refractivity contribution in [3.05, 3.63) is 65.2 Å². The summed E-state index contributed by atoms with van der Waals surface area (Å²) in [5, 5.41) is 6.80. The van der Waals surface area contributed by atoms with E-state index in [0.717, 1.165) is 31.0 Å². The van der Waals surface area contributed by atoms with Crippen LogP contribution in [0, 0.1) is 0 Å². The van der Waals surface area contributed by atoms with Crippen molar-refractivity contribution in [3.8, 4) is 0 Å². The quantitative estimate of drug-likeness (QED) is 0.343. The summed E-state index contributed by atoms with van der Waals surface area (Å²) < 4.78 is 23.1. The summed E-state index contributed by atoms with van der Waals surface area (Å²) in [5.41, 5.74) is 4.03.